The highest BCUT2D eigenvalue weighted by Gasteiger charge is 2.23. The van der Waals surface area contributed by atoms with Crippen molar-refractivity contribution in [2.75, 3.05) is 32.2 Å². The van der Waals surface area contributed by atoms with E-state index in [0.29, 0.717) is 11.3 Å². The van der Waals surface area contributed by atoms with Crippen molar-refractivity contribution < 1.29 is 14.3 Å². The van der Waals surface area contributed by atoms with Crippen LogP contribution in [-0.4, -0.2) is 48.0 Å². The van der Waals surface area contributed by atoms with Crippen molar-refractivity contribution in [2.24, 2.45) is 0 Å². The van der Waals surface area contributed by atoms with E-state index < -0.39 is 0 Å². The number of thioether (sulfide) groups is 1. The van der Waals surface area contributed by atoms with Crippen LogP contribution in [0.5, 0.6) is 5.75 Å². The number of methoxy groups -OCH3 is 2. The summed E-state index contributed by atoms with van der Waals surface area (Å²) in [6.45, 7) is 1.96. The molecule has 0 bridgehead atoms. The van der Waals surface area contributed by atoms with E-state index in [2.05, 4.69) is 19.7 Å². The maximum Gasteiger partial charge on any atom is 0.337 e. The van der Waals surface area contributed by atoms with Gasteiger partial charge in [-0.05, 0) is 49.1 Å². The number of carbonyl (C=O) groups is 1. The van der Waals surface area contributed by atoms with Crippen molar-refractivity contribution in [2.45, 2.75) is 30.2 Å². The lowest BCUT2D eigenvalue weighted by atomic mass is 10.1. The van der Waals surface area contributed by atoms with Crippen LogP contribution >= 0.6 is 11.8 Å². The second kappa shape index (κ2) is 9.87. The summed E-state index contributed by atoms with van der Waals surface area (Å²) in [6, 6.07) is 15.4. The van der Waals surface area contributed by atoms with E-state index in [9.17, 15) is 4.79 Å². The smallest absolute Gasteiger partial charge is 0.337 e. The topological polar surface area (TPSA) is 69.5 Å². The first kappa shape index (κ1) is 21.2. The Morgan fingerprint density at radius 1 is 1.00 bits per heavy atom. The van der Waals surface area contributed by atoms with E-state index in [0.717, 1.165) is 54.0 Å². The van der Waals surface area contributed by atoms with Gasteiger partial charge in [0, 0.05) is 18.8 Å². The molecule has 31 heavy (non-hydrogen) atoms. The number of carbonyl (C=O) groups excluding carboxylic acids is 1. The van der Waals surface area contributed by atoms with Gasteiger partial charge in [0.25, 0.3) is 0 Å². The van der Waals surface area contributed by atoms with E-state index in [1.54, 1.807) is 31.0 Å². The summed E-state index contributed by atoms with van der Waals surface area (Å²) in [5.74, 6) is 2.01. The molecule has 7 nitrogen and oxygen atoms in total. The zero-order valence-corrected chi connectivity index (χ0v) is 18.6. The average Bonchev–Trinajstić information content (AvgIpc) is 3.26. The molecule has 0 unspecified atom stereocenters. The summed E-state index contributed by atoms with van der Waals surface area (Å²) in [5.41, 5.74) is 2.56. The molecule has 162 valence electrons. The van der Waals surface area contributed by atoms with Crippen LogP contribution in [0.1, 0.15) is 35.2 Å². The van der Waals surface area contributed by atoms with Crippen LogP contribution < -0.4 is 9.64 Å². The van der Waals surface area contributed by atoms with Gasteiger partial charge in [-0.3, -0.25) is 4.57 Å². The maximum atomic E-state index is 11.7. The van der Waals surface area contributed by atoms with Crippen molar-refractivity contribution in [1.29, 1.82) is 0 Å². The van der Waals surface area contributed by atoms with Crippen molar-refractivity contribution in [3.05, 3.63) is 59.7 Å². The third kappa shape index (κ3) is 4.69. The van der Waals surface area contributed by atoms with Crippen LogP contribution in [-0.2, 0) is 10.5 Å². The number of anilines is 1. The minimum absolute atomic E-state index is 0.332. The largest absolute Gasteiger partial charge is 0.495 e. The molecular weight excluding hydrogens is 412 g/mol. The van der Waals surface area contributed by atoms with Gasteiger partial charge in [-0.1, -0.05) is 36.0 Å². The minimum Gasteiger partial charge on any atom is -0.495 e. The second-order valence-corrected chi connectivity index (χ2v) is 8.26. The van der Waals surface area contributed by atoms with Gasteiger partial charge < -0.3 is 14.4 Å². The van der Waals surface area contributed by atoms with Crippen LogP contribution in [0.25, 0.3) is 5.69 Å². The summed E-state index contributed by atoms with van der Waals surface area (Å²) in [7, 11) is 3.07. The number of piperidine rings is 1. The number of nitrogens with zero attached hydrogens (tertiary/aromatic N) is 4. The van der Waals surface area contributed by atoms with Crippen molar-refractivity contribution in [1.82, 2.24) is 14.8 Å². The fourth-order valence-electron chi connectivity index (χ4n) is 3.68. The normalized spacial score (nSPS) is 13.8. The molecule has 0 amide bonds. The highest BCUT2D eigenvalue weighted by atomic mass is 32.2. The number of aromatic nitrogens is 3. The highest BCUT2D eigenvalue weighted by molar-refractivity contribution is 7.98. The van der Waals surface area contributed by atoms with E-state index in [1.165, 1.54) is 13.5 Å². The Hall–Kier alpha value is -3.00. The first-order valence-corrected chi connectivity index (χ1v) is 11.3. The fourth-order valence-corrected chi connectivity index (χ4v) is 4.58. The lowest BCUT2D eigenvalue weighted by Gasteiger charge is -2.28. The summed E-state index contributed by atoms with van der Waals surface area (Å²) in [6.07, 6.45) is 3.57. The maximum absolute atomic E-state index is 11.7. The van der Waals surface area contributed by atoms with Gasteiger partial charge in [0.1, 0.15) is 5.75 Å². The number of para-hydroxylation sites is 2. The number of hydrogen-bond donors (Lipinski definition) is 0. The van der Waals surface area contributed by atoms with Crippen molar-refractivity contribution in [3.63, 3.8) is 0 Å². The predicted octanol–water partition coefficient (Wildman–Crippen LogP) is 4.35. The minimum atomic E-state index is -0.332. The number of benzene rings is 2. The molecule has 2 heterocycles. The van der Waals surface area contributed by atoms with Crippen molar-refractivity contribution >= 4 is 23.7 Å². The van der Waals surface area contributed by atoms with Gasteiger partial charge >= 0.3 is 5.97 Å². The Labute approximate surface area is 186 Å². The Bertz CT molecular complexity index is 1030. The summed E-state index contributed by atoms with van der Waals surface area (Å²) in [4.78, 5) is 14.0. The summed E-state index contributed by atoms with van der Waals surface area (Å²) in [5, 5.41) is 9.88. The van der Waals surface area contributed by atoms with Gasteiger partial charge in [-0.25, -0.2) is 4.79 Å². The molecule has 1 aromatic heterocycles. The first-order valence-electron chi connectivity index (χ1n) is 10.3. The van der Waals surface area contributed by atoms with E-state index in [1.807, 2.05) is 36.4 Å². The number of hydrogen-bond acceptors (Lipinski definition) is 7. The monoisotopic (exact) mass is 438 g/mol. The summed E-state index contributed by atoms with van der Waals surface area (Å²) < 4.78 is 12.5. The van der Waals surface area contributed by atoms with Gasteiger partial charge in [0.05, 0.1) is 25.5 Å². The van der Waals surface area contributed by atoms with Crippen LogP contribution in [0.2, 0.25) is 0 Å². The van der Waals surface area contributed by atoms with Gasteiger partial charge in [-0.2, -0.15) is 0 Å². The van der Waals surface area contributed by atoms with Crippen LogP contribution in [0, 0.1) is 0 Å². The van der Waals surface area contributed by atoms with Gasteiger partial charge in [0.2, 0.25) is 5.95 Å². The van der Waals surface area contributed by atoms with E-state index in [4.69, 9.17) is 9.47 Å². The van der Waals surface area contributed by atoms with Crippen LogP contribution in [0.4, 0.5) is 5.95 Å². The predicted molar refractivity (Wildman–Crippen MR) is 121 cm³/mol. The van der Waals surface area contributed by atoms with Gasteiger partial charge in [-0.15, -0.1) is 10.2 Å². The standard InChI is InChI=1S/C23H26N4O3S/c1-29-20-9-5-4-8-19(20)27-22(26-14-6-3-7-15-26)24-25-23(27)31-16-17-10-12-18(13-11-17)21(28)30-2/h4-5,8-13H,3,6-7,14-16H2,1-2H3. The molecule has 1 fully saturated rings. The Morgan fingerprint density at radius 2 is 1.74 bits per heavy atom. The first-order chi connectivity index (χ1) is 15.2. The second-order valence-electron chi connectivity index (χ2n) is 7.31. The quantitative estimate of drug-likeness (QED) is 0.401. The van der Waals surface area contributed by atoms with E-state index >= 15 is 0 Å². The molecule has 0 saturated carbocycles. The molecular formula is C23H26N4O3S. The third-order valence-corrected chi connectivity index (χ3v) is 6.32. The number of ether oxygens (including phenoxy) is 2. The van der Waals surface area contributed by atoms with E-state index in [-0.39, 0.29) is 5.97 Å². The molecule has 0 atom stereocenters. The lowest BCUT2D eigenvalue weighted by molar-refractivity contribution is 0.0600. The lowest BCUT2D eigenvalue weighted by Crippen LogP contribution is -2.31. The molecule has 0 N–H and O–H groups in total. The number of esters is 1. The Kier molecular flexibility index (Phi) is 6.76. The molecule has 4 rings (SSSR count). The molecule has 1 saturated heterocycles. The molecule has 0 radical (unpaired) electrons. The SMILES string of the molecule is COC(=O)c1ccc(CSc2nnc(N3CCCCC3)n2-c2ccccc2OC)cc1. The zero-order valence-electron chi connectivity index (χ0n) is 17.8. The van der Waals surface area contributed by atoms with Crippen LogP contribution in [0.15, 0.2) is 53.7 Å². The molecule has 2 aromatic carbocycles. The highest BCUT2D eigenvalue weighted by Crippen LogP contribution is 2.33. The average molecular weight is 439 g/mol. The Morgan fingerprint density at radius 3 is 2.45 bits per heavy atom. The third-order valence-electron chi connectivity index (χ3n) is 5.32. The molecule has 8 heteroatoms. The van der Waals surface area contributed by atoms with Gasteiger partial charge in [0.15, 0.2) is 5.16 Å². The summed E-state index contributed by atoms with van der Waals surface area (Å²) >= 11 is 1.61. The number of rotatable bonds is 7. The molecule has 1 aliphatic heterocycles. The molecule has 0 spiro atoms. The molecule has 3 aromatic rings. The van der Waals surface area contributed by atoms with Crippen molar-refractivity contribution in [3.8, 4) is 11.4 Å². The zero-order chi connectivity index (χ0) is 21.6. The Balaban J connectivity index is 1.63. The molecule has 0 aliphatic carbocycles. The fraction of sp³-hybridized carbons (Fsp3) is 0.348. The van der Waals surface area contributed by atoms with Crippen LogP contribution in [0.3, 0.4) is 0 Å². The molecule has 1 aliphatic rings.